The van der Waals surface area contributed by atoms with E-state index in [2.05, 4.69) is 9.71 Å². The van der Waals surface area contributed by atoms with Gasteiger partial charge in [-0.3, -0.25) is 14.6 Å². The van der Waals surface area contributed by atoms with Crippen LogP contribution in [0.1, 0.15) is 0 Å². The standard InChI is InChI=1S/C9H10N4O2S2/c10-8(14)7(9(11)15)5-13-17(16)6-2-1-3-12-4-6/h1-5,13H,(H2,10,14)(H2,11,15)/t17-/m0/s1. The average Bonchev–Trinajstić information content (AvgIpc) is 2.29. The molecular formula is C9H10N4O2S2. The third kappa shape index (κ3) is 3.93. The monoisotopic (exact) mass is 270 g/mol. The van der Waals surface area contributed by atoms with Crippen molar-refractivity contribution >= 4 is 32.6 Å². The van der Waals surface area contributed by atoms with Crippen LogP contribution in [0.3, 0.4) is 0 Å². The van der Waals surface area contributed by atoms with Crippen molar-refractivity contribution in [2.24, 2.45) is 11.5 Å². The van der Waals surface area contributed by atoms with Crippen LogP contribution in [0.25, 0.3) is 0 Å². The number of pyridine rings is 1. The molecule has 1 rings (SSSR count). The van der Waals surface area contributed by atoms with Crippen LogP contribution in [0.4, 0.5) is 0 Å². The maximum atomic E-state index is 10.9. The zero-order chi connectivity index (χ0) is 12.8. The van der Waals surface area contributed by atoms with Crippen LogP contribution in [0.2, 0.25) is 0 Å². The molecule has 1 atom stereocenters. The molecular weight excluding hydrogens is 260 g/mol. The second-order valence-electron chi connectivity index (χ2n) is 2.86. The lowest BCUT2D eigenvalue weighted by Crippen LogP contribution is -2.28. The van der Waals surface area contributed by atoms with E-state index >= 15 is 0 Å². The smallest absolute Gasteiger partial charge is 0.255 e. The quantitative estimate of drug-likeness (QED) is 0.356. The Morgan fingerprint density at radius 3 is 2.53 bits per heavy atom. The largest absolute Gasteiger partial charge is 0.365 e. The normalized spacial score (nSPS) is 11.3. The fourth-order valence-corrected chi connectivity index (χ4v) is 2.06. The third-order valence-electron chi connectivity index (χ3n) is 1.69. The van der Waals surface area contributed by atoms with Gasteiger partial charge in [0, 0.05) is 33.1 Å². The Balaban J connectivity index is 2.79. The van der Waals surface area contributed by atoms with Gasteiger partial charge in [-0.1, -0.05) is 0 Å². The van der Waals surface area contributed by atoms with E-state index < -0.39 is 21.5 Å². The minimum atomic E-state index is -0.900. The Morgan fingerprint density at radius 2 is 2.06 bits per heavy atom. The Kier molecular flexibility index (Phi) is 4.73. The van der Waals surface area contributed by atoms with Crippen LogP contribution in [-0.4, -0.2) is 16.8 Å². The van der Waals surface area contributed by atoms with Gasteiger partial charge in [0.25, 0.3) is 11.8 Å². The zero-order valence-corrected chi connectivity index (χ0v) is 10.3. The van der Waals surface area contributed by atoms with Gasteiger partial charge < -0.3 is 16.2 Å². The number of rotatable bonds is 5. The van der Waals surface area contributed by atoms with Crippen molar-refractivity contribution in [1.82, 2.24) is 9.71 Å². The summed E-state index contributed by atoms with van der Waals surface area (Å²) < 4.78 is 2.70. The second kappa shape index (κ2) is 6.06. The predicted octanol–water partition coefficient (Wildman–Crippen LogP) is -1.12. The molecule has 1 heterocycles. The number of nitrogens with zero attached hydrogens (tertiary/aromatic N) is 1. The molecule has 17 heavy (non-hydrogen) atoms. The summed E-state index contributed by atoms with van der Waals surface area (Å²) in [5, 5.41) is 0. The highest BCUT2D eigenvalue weighted by Gasteiger charge is 2.11. The first-order valence-electron chi connectivity index (χ1n) is 4.40. The highest BCUT2D eigenvalue weighted by Crippen LogP contribution is 2.01. The van der Waals surface area contributed by atoms with E-state index in [1.165, 1.54) is 0 Å². The third-order valence-corrected chi connectivity index (χ3v) is 3.56. The summed E-state index contributed by atoms with van der Waals surface area (Å²) in [4.78, 5) is 26.4. The molecule has 0 fully saturated rings. The van der Waals surface area contributed by atoms with E-state index in [-0.39, 0.29) is 5.57 Å². The van der Waals surface area contributed by atoms with Gasteiger partial charge in [0.15, 0.2) is 0 Å². The molecule has 0 aliphatic rings. The minimum Gasteiger partial charge on any atom is -0.365 e. The van der Waals surface area contributed by atoms with E-state index in [1.807, 2.05) is 0 Å². The van der Waals surface area contributed by atoms with E-state index in [9.17, 15) is 9.59 Å². The zero-order valence-electron chi connectivity index (χ0n) is 8.62. The predicted molar refractivity (Wildman–Crippen MR) is 66.8 cm³/mol. The molecule has 0 aliphatic heterocycles. The number of aromatic nitrogens is 1. The first kappa shape index (κ1) is 13.3. The first-order valence-corrected chi connectivity index (χ1v) is 6.55. The minimum absolute atomic E-state index is 0.323. The second-order valence-corrected chi connectivity index (χ2v) is 5.11. The van der Waals surface area contributed by atoms with E-state index in [0.717, 1.165) is 11.1 Å². The summed E-state index contributed by atoms with van der Waals surface area (Å²) in [6, 6.07) is 3.51. The SMILES string of the molecule is NC(=O)C(=CN[S@@](=S)c1cccnc1)C(N)=O. The number of amides is 2. The van der Waals surface area contributed by atoms with E-state index in [0.29, 0.717) is 0 Å². The van der Waals surface area contributed by atoms with Gasteiger partial charge in [0.05, 0.1) is 0 Å². The van der Waals surface area contributed by atoms with Gasteiger partial charge in [-0.2, -0.15) is 0 Å². The number of nitrogens with one attached hydrogen (secondary N) is 1. The van der Waals surface area contributed by atoms with Crippen molar-refractivity contribution in [2.75, 3.05) is 0 Å². The topological polar surface area (TPSA) is 111 Å². The Bertz CT molecular complexity index is 471. The number of nitrogens with two attached hydrogens (primary N) is 2. The molecule has 0 aromatic carbocycles. The highest BCUT2D eigenvalue weighted by molar-refractivity contribution is 8.27. The van der Waals surface area contributed by atoms with Crippen LogP contribution < -0.4 is 16.2 Å². The van der Waals surface area contributed by atoms with Crippen molar-refractivity contribution < 1.29 is 9.59 Å². The Morgan fingerprint density at radius 1 is 1.41 bits per heavy atom. The summed E-state index contributed by atoms with van der Waals surface area (Å²) in [6.07, 6.45) is 4.34. The maximum Gasteiger partial charge on any atom is 0.255 e. The van der Waals surface area contributed by atoms with Crippen LogP contribution in [0.15, 0.2) is 41.2 Å². The molecule has 6 nitrogen and oxygen atoms in total. The van der Waals surface area contributed by atoms with Gasteiger partial charge in [-0.15, -0.1) is 0 Å². The van der Waals surface area contributed by atoms with Crippen LogP contribution in [-0.2, 0) is 30.4 Å². The molecule has 0 spiro atoms. The molecule has 5 N–H and O–H groups in total. The number of carbonyl (C=O) groups excluding carboxylic acids is 2. The molecule has 0 saturated carbocycles. The highest BCUT2D eigenvalue weighted by atomic mass is 32.8. The fraction of sp³-hybridized carbons (Fsp3) is 0. The number of hydrogen-bond acceptors (Lipinski definition) is 4. The van der Waals surface area contributed by atoms with E-state index in [1.54, 1.807) is 24.5 Å². The molecule has 0 unspecified atom stereocenters. The molecule has 1 aromatic rings. The van der Waals surface area contributed by atoms with Gasteiger partial charge >= 0.3 is 0 Å². The molecule has 8 heteroatoms. The maximum absolute atomic E-state index is 10.9. The van der Waals surface area contributed by atoms with Gasteiger partial charge in [0.1, 0.15) is 5.57 Å². The van der Waals surface area contributed by atoms with Gasteiger partial charge in [-0.05, 0) is 23.3 Å². The number of primary amides is 2. The molecule has 2 amide bonds. The lowest BCUT2D eigenvalue weighted by molar-refractivity contribution is -0.120. The van der Waals surface area contributed by atoms with Crippen LogP contribution in [0.5, 0.6) is 0 Å². The molecule has 0 saturated heterocycles. The fourth-order valence-electron chi connectivity index (χ4n) is 0.901. The van der Waals surface area contributed by atoms with Crippen molar-refractivity contribution in [1.29, 1.82) is 0 Å². The summed E-state index contributed by atoms with van der Waals surface area (Å²) in [6.45, 7) is 0. The molecule has 1 aromatic heterocycles. The lowest BCUT2D eigenvalue weighted by atomic mass is 10.3. The summed E-state index contributed by atoms with van der Waals surface area (Å²) in [5.74, 6) is -1.80. The molecule has 0 aliphatic carbocycles. The van der Waals surface area contributed by atoms with Gasteiger partial charge in [0.2, 0.25) is 0 Å². The van der Waals surface area contributed by atoms with Crippen LogP contribution in [0, 0.1) is 0 Å². The number of hydrogen-bond donors (Lipinski definition) is 3. The van der Waals surface area contributed by atoms with Crippen molar-refractivity contribution in [2.45, 2.75) is 4.90 Å². The van der Waals surface area contributed by atoms with E-state index in [4.69, 9.17) is 22.7 Å². The first-order chi connectivity index (χ1) is 8.02. The van der Waals surface area contributed by atoms with Crippen LogP contribution >= 0.6 is 0 Å². The molecule has 90 valence electrons. The van der Waals surface area contributed by atoms with Crippen molar-refractivity contribution in [3.63, 3.8) is 0 Å². The van der Waals surface area contributed by atoms with Crippen molar-refractivity contribution in [3.05, 3.63) is 36.3 Å². The van der Waals surface area contributed by atoms with Crippen molar-refractivity contribution in [3.8, 4) is 0 Å². The average molecular weight is 270 g/mol. The summed E-state index contributed by atoms with van der Waals surface area (Å²) in [7, 11) is -0.808. The lowest BCUT2D eigenvalue weighted by Gasteiger charge is -2.05. The molecule has 0 radical (unpaired) electrons. The molecule has 0 bridgehead atoms. The summed E-state index contributed by atoms with van der Waals surface area (Å²) >= 11 is 5.12. The Labute approximate surface area is 105 Å². The van der Waals surface area contributed by atoms with Gasteiger partial charge in [-0.25, -0.2) is 0 Å². The number of carbonyl (C=O) groups is 2. The Hall–Kier alpha value is -1.80. The summed E-state index contributed by atoms with van der Waals surface area (Å²) in [5.41, 5.74) is 9.62.